The van der Waals surface area contributed by atoms with Gasteiger partial charge in [0.05, 0.1) is 24.4 Å². The predicted molar refractivity (Wildman–Crippen MR) is 76.2 cm³/mol. The molecule has 0 aromatic heterocycles. The Balaban J connectivity index is 2.16. The quantitative estimate of drug-likeness (QED) is 0.906. The first kappa shape index (κ1) is 13.0. The van der Waals surface area contributed by atoms with E-state index in [-0.39, 0.29) is 0 Å². The third-order valence-corrected chi connectivity index (χ3v) is 3.06. The summed E-state index contributed by atoms with van der Waals surface area (Å²) in [5.74, 6) is 0.688. The lowest BCUT2D eigenvalue weighted by molar-refractivity contribution is 0.416. The Hall–Kier alpha value is -2.47. The number of rotatable bonds is 4. The number of hydrogen-bond acceptors (Lipinski definition) is 3. The minimum Gasteiger partial charge on any atom is -0.495 e. The minimum absolute atomic E-state index is 0.596. The van der Waals surface area contributed by atoms with E-state index in [1.54, 1.807) is 19.2 Å². The molecule has 0 unspecified atom stereocenters. The van der Waals surface area contributed by atoms with Crippen LogP contribution in [0.1, 0.15) is 16.7 Å². The molecule has 2 aromatic rings. The number of hydrogen-bond donors (Lipinski definition) is 1. The van der Waals surface area contributed by atoms with E-state index in [9.17, 15) is 0 Å². The predicted octanol–water partition coefficient (Wildman–Crippen LogP) is 3.49. The summed E-state index contributed by atoms with van der Waals surface area (Å²) in [6, 6.07) is 15.7. The molecule has 19 heavy (non-hydrogen) atoms. The van der Waals surface area contributed by atoms with Gasteiger partial charge in [0, 0.05) is 12.6 Å². The van der Waals surface area contributed by atoms with Gasteiger partial charge in [-0.2, -0.15) is 5.26 Å². The zero-order chi connectivity index (χ0) is 13.7. The smallest absolute Gasteiger partial charge is 0.143 e. The standard InChI is InChI=1S/C16H16N2O/c1-12-5-3-4-6-14(12)11-18-15-8-7-13(10-17)9-16(15)19-2/h3-9,18H,11H2,1-2H3. The van der Waals surface area contributed by atoms with Crippen molar-refractivity contribution in [3.05, 3.63) is 59.2 Å². The molecule has 2 aromatic carbocycles. The Kier molecular flexibility index (Phi) is 4.04. The van der Waals surface area contributed by atoms with E-state index in [1.807, 2.05) is 18.2 Å². The molecule has 0 atom stereocenters. The summed E-state index contributed by atoms with van der Waals surface area (Å²) >= 11 is 0. The van der Waals surface area contributed by atoms with Crippen molar-refractivity contribution < 1.29 is 4.74 Å². The Morgan fingerprint density at radius 3 is 2.68 bits per heavy atom. The molecule has 2 rings (SSSR count). The molecule has 3 nitrogen and oxygen atoms in total. The highest BCUT2D eigenvalue weighted by atomic mass is 16.5. The van der Waals surface area contributed by atoms with Crippen LogP contribution in [0, 0.1) is 18.3 Å². The first-order valence-electron chi connectivity index (χ1n) is 6.11. The van der Waals surface area contributed by atoms with Gasteiger partial charge >= 0.3 is 0 Å². The molecule has 96 valence electrons. The maximum Gasteiger partial charge on any atom is 0.143 e. The van der Waals surface area contributed by atoms with Crippen molar-refractivity contribution in [2.75, 3.05) is 12.4 Å². The van der Waals surface area contributed by atoms with E-state index in [0.29, 0.717) is 11.3 Å². The van der Waals surface area contributed by atoms with Crippen LogP contribution in [0.3, 0.4) is 0 Å². The van der Waals surface area contributed by atoms with Crippen LogP contribution in [0.2, 0.25) is 0 Å². The molecule has 0 spiro atoms. The maximum atomic E-state index is 8.87. The number of ether oxygens (including phenoxy) is 1. The molecule has 0 aliphatic carbocycles. The van der Waals surface area contributed by atoms with E-state index < -0.39 is 0 Å². The third-order valence-electron chi connectivity index (χ3n) is 3.06. The lowest BCUT2D eigenvalue weighted by Crippen LogP contribution is -2.03. The molecule has 0 bridgehead atoms. The monoisotopic (exact) mass is 252 g/mol. The fraction of sp³-hybridized carbons (Fsp3) is 0.188. The summed E-state index contributed by atoms with van der Waals surface area (Å²) in [6.45, 7) is 2.82. The van der Waals surface area contributed by atoms with Gasteiger partial charge in [-0.05, 0) is 30.2 Å². The number of aryl methyl sites for hydroxylation is 1. The maximum absolute atomic E-state index is 8.87. The van der Waals surface area contributed by atoms with E-state index in [4.69, 9.17) is 10.00 Å². The second-order valence-electron chi connectivity index (χ2n) is 4.31. The number of nitrogens with zero attached hydrogens (tertiary/aromatic N) is 1. The van der Waals surface area contributed by atoms with Crippen LogP contribution < -0.4 is 10.1 Å². The van der Waals surface area contributed by atoms with Gasteiger partial charge in [-0.15, -0.1) is 0 Å². The molecule has 0 aliphatic heterocycles. The van der Waals surface area contributed by atoms with Gasteiger partial charge in [-0.25, -0.2) is 0 Å². The van der Waals surface area contributed by atoms with Crippen molar-refractivity contribution in [3.63, 3.8) is 0 Å². The SMILES string of the molecule is COc1cc(C#N)ccc1NCc1ccccc1C. The van der Waals surface area contributed by atoms with Gasteiger partial charge < -0.3 is 10.1 Å². The van der Waals surface area contributed by atoms with Crippen LogP contribution in [0.15, 0.2) is 42.5 Å². The molecule has 3 heteroatoms. The number of anilines is 1. The average molecular weight is 252 g/mol. The Morgan fingerprint density at radius 2 is 2.00 bits per heavy atom. The fourth-order valence-corrected chi connectivity index (χ4v) is 1.91. The van der Waals surface area contributed by atoms with Crippen molar-refractivity contribution >= 4 is 5.69 Å². The fourth-order valence-electron chi connectivity index (χ4n) is 1.91. The zero-order valence-electron chi connectivity index (χ0n) is 11.1. The van der Waals surface area contributed by atoms with Gasteiger partial charge in [-0.3, -0.25) is 0 Å². The lowest BCUT2D eigenvalue weighted by atomic mass is 10.1. The number of nitriles is 1. The average Bonchev–Trinajstić information content (AvgIpc) is 2.46. The Labute approximate surface area is 113 Å². The van der Waals surface area contributed by atoms with E-state index in [2.05, 4.69) is 30.4 Å². The highest BCUT2D eigenvalue weighted by Crippen LogP contribution is 2.26. The first-order valence-corrected chi connectivity index (χ1v) is 6.11. The number of benzene rings is 2. The van der Waals surface area contributed by atoms with Crippen LogP contribution in [0.25, 0.3) is 0 Å². The summed E-state index contributed by atoms with van der Waals surface area (Å²) in [7, 11) is 1.61. The van der Waals surface area contributed by atoms with E-state index >= 15 is 0 Å². The second-order valence-corrected chi connectivity index (χ2v) is 4.31. The Bertz CT molecular complexity index is 614. The molecule has 0 radical (unpaired) electrons. The summed E-state index contributed by atoms with van der Waals surface area (Å²) in [6.07, 6.45) is 0. The molecular weight excluding hydrogens is 236 g/mol. The van der Waals surface area contributed by atoms with Gasteiger partial charge in [0.25, 0.3) is 0 Å². The normalized spacial score (nSPS) is 9.74. The van der Waals surface area contributed by atoms with Gasteiger partial charge in [0.2, 0.25) is 0 Å². The number of nitrogens with one attached hydrogen (secondary N) is 1. The van der Waals surface area contributed by atoms with Crippen LogP contribution in [0.4, 0.5) is 5.69 Å². The van der Waals surface area contributed by atoms with E-state index in [0.717, 1.165) is 12.2 Å². The molecule has 0 heterocycles. The minimum atomic E-state index is 0.596. The first-order chi connectivity index (χ1) is 9.24. The lowest BCUT2D eigenvalue weighted by Gasteiger charge is -2.12. The molecule has 1 N–H and O–H groups in total. The van der Waals surface area contributed by atoms with Crippen molar-refractivity contribution in [2.45, 2.75) is 13.5 Å². The third kappa shape index (κ3) is 3.05. The van der Waals surface area contributed by atoms with Crippen molar-refractivity contribution in [3.8, 4) is 11.8 Å². The highest BCUT2D eigenvalue weighted by molar-refractivity contribution is 5.59. The van der Waals surface area contributed by atoms with Crippen LogP contribution in [-0.4, -0.2) is 7.11 Å². The van der Waals surface area contributed by atoms with Crippen molar-refractivity contribution in [1.29, 1.82) is 5.26 Å². The topological polar surface area (TPSA) is 45.0 Å². The zero-order valence-corrected chi connectivity index (χ0v) is 11.1. The van der Waals surface area contributed by atoms with Crippen molar-refractivity contribution in [1.82, 2.24) is 0 Å². The number of methoxy groups -OCH3 is 1. The highest BCUT2D eigenvalue weighted by Gasteiger charge is 2.04. The summed E-state index contributed by atoms with van der Waals surface area (Å²) in [5.41, 5.74) is 3.99. The Morgan fingerprint density at radius 1 is 1.21 bits per heavy atom. The molecule has 0 aliphatic rings. The van der Waals surface area contributed by atoms with Crippen LogP contribution >= 0.6 is 0 Å². The molecular formula is C16H16N2O. The molecule has 0 saturated carbocycles. The molecule has 0 saturated heterocycles. The van der Waals surface area contributed by atoms with Crippen LogP contribution in [0.5, 0.6) is 5.75 Å². The summed E-state index contributed by atoms with van der Waals surface area (Å²) in [4.78, 5) is 0. The van der Waals surface area contributed by atoms with E-state index in [1.165, 1.54) is 11.1 Å². The second kappa shape index (κ2) is 5.92. The largest absolute Gasteiger partial charge is 0.495 e. The summed E-state index contributed by atoms with van der Waals surface area (Å²) in [5, 5.41) is 12.2. The molecule has 0 fully saturated rings. The van der Waals surface area contributed by atoms with Gasteiger partial charge in [0.1, 0.15) is 5.75 Å². The van der Waals surface area contributed by atoms with Crippen molar-refractivity contribution in [2.24, 2.45) is 0 Å². The van der Waals surface area contributed by atoms with Crippen LogP contribution in [-0.2, 0) is 6.54 Å². The van der Waals surface area contributed by atoms with Gasteiger partial charge in [0.15, 0.2) is 0 Å². The molecule has 0 amide bonds. The van der Waals surface area contributed by atoms with Gasteiger partial charge in [-0.1, -0.05) is 24.3 Å². The summed E-state index contributed by atoms with van der Waals surface area (Å²) < 4.78 is 5.29.